The van der Waals surface area contributed by atoms with Crippen LogP contribution in [0.1, 0.15) is 34.1 Å². The van der Waals surface area contributed by atoms with E-state index in [1.165, 1.54) is 0 Å². The second kappa shape index (κ2) is 9.42. The second-order valence-corrected chi connectivity index (χ2v) is 4.47. The molecule has 0 aromatic rings. The van der Waals surface area contributed by atoms with Crippen molar-refractivity contribution in [1.29, 1.82) is 0 Å². The van der Waals surface area contributed by atoms with E-state index < -0.39 is 0 Å². The molecule has 0 unspecified atom stereocenters. The van der Waals surface area contributed by atoms with E-state index >= 15 is 0 Å². The maximum Gasteiger partial charge on any atom is 0.206 e. The van der Waals surface area contributed by atoms with Crippen molar-refractivity contribution in [3.05, 3.63) is 0 Å². The molecule has 5 nitrogen and oxygen atoms in total. The van der Waals surface area contributed by atoms with Crippen LogP contribution in [0.25, 0.3) is 0 Å². The van der Waals surface area contributed by atoms with Gasteiger partial charge in [-0.1, -0.05) is 13.8 Å². The zero-order chi connectivity index (χ0) is 12.4. The van der Waals surface area contributed by atoms with Gasteiger partial charge in [-0.25, -0.2) is 10.8 Å². The predicted molar refractivity (Wildman–Crippen MR) is 68.2 cm³/mol. The number of rotatable bonds is 7. The van der Waals surface area contributed by atoms with Gasteiger partial charge in [0.1, 0.15) is 0 Å². The van der Waals surface area contributed by atoms with Crippen LogP contribution in [-0.4, -0.2) is 31.8 Å². The maximum absolute atomic E-state index is 5.44. The van der Waals surface area contributed by atoms with E-state index in [1.54, 1.807) is 0 Å². The summed E-state index contributed by atoms with van der Waals surface area (Å²) in [6.45, 7) is 10.5. The van der Waals surface area contributed by atoms with Crippen LogP contribution in [0.2, 0.25) is 0 Å². The van der Waals surface area contributed by atoms with Crippen LogP contribution >= 0.6 is 0 Å². The van der Waals surface area contributed by atoms with Crippen LogP contribution in [0, 0.1) is 5.92 Å². The number of hydrogen-bond donors (Lipinski definition) is 3. The normalized spacial score (nSPS) is 12.3. The molecule has 0 aliphatic rings. The van der Waals surface area contributed by atoms with Gasteiger partial charge in [-0.15, -0.1) is 0 Å². The molecule has 0 saturated heterocycles. The second-order valence-electron chi connectivity index (χ2n) is 4.47. The average Bonchev–Trinajstić information content (AvgIpc) is 2.20. The SMILES string of the molecule is CC(C)CCOCCN=C(NN)NC(C)C. The first-order chi connectivity index (χ1) is 7.56. The lowest BCUT2D eigenvalue weighted by Crippen LogP contribution is -2.44. The van der Waals surface area contributed by atoms with Crippen LogP contribution < -0.4 is 16.6 Å². The largest absolute Gasteiger partial charge is 0.380 e. The van der Waals surface area contributed by atoms with E-state index in [4.69, 9.17) is 10.6 Å². The molecule has 0 rings (SSSR count). The van der Waals surface area contributed by atoms with E-state index in [-0.39, 0.29) is 0 Å². The highest BCUT2D eigenvalue weighted by molar-refractivity contribution is 5.79. The third-order valence-corrected chi connectivity index (χ3v) is 1.91. The number of hydrogen-bond acceptors (Lipinski definition) is 3. The number of nitrogens with zero attached hydrogens (tertiary/aromatic N) is 1. The highest BCUT2D eigenvalue weighted by Crippen LogP contribution is 1.98. The first-order valence-electron chi connectivity index (χ1n) is 5.91. The van der Waals surface area contributed by atoms with Crippen LogP contribution in [-0.2, 0) is 4.74 Å². The lowest BCUT2D eigenvalue weighted by molar-refractivity contribution is 0.130. The number of guanidine groups is 1. The smallest absolute Gasteiger partial charge is 0.206 e. The van der Waals surface area contributed by atoms with Crippen LogP contribution in [0.5, 0.6) is 0 Å². The zero-order valence-electron chi connectivity index (χ0n) is 10.9. The fraction of sp³-hybridized carbons (Fsp3) is 0.909. The molecule has 0 amide bonds. The molecule has 0 radical (unpaired) electrons. The molecule has 16 heavy (non-hydrogen) atoms. The molecule has 0 aliphatic carbocycles. The summed E-state index contributed by atoms with van der Waals surface area (Å²) < 4.78 is 5.44. The minimum atomic E-state index is 0.316. The summed E-state index contributed by atoms with van der Waals surface area (Å²) in [7, 11) is 0. The van der Waals surface area contributed by atoms with E-state index in [0.29, 0.717) is 31.1 Å². The Hall–Kier alpha value is -0.810. The standard InChI is InChI=1S/C11H26N4O/c1-9(2)5-7-16-8-6-13-11(15-12)14-10(3)4/h9-10H,5-8,12H2,1-4H3,(H2,13,14,15). The van der Waals surface area contributed by atoms with Gasteiger partial charge in [0, 0.05) is 12.6 Å². The summed E-state index contributed by atoms with van der Waals surface area (Å²) in [5.41, 5.74) is 2.53. The van der Waals surface area contributed by atoms with Crippen molar-refractivity contribution in [2.24, 2.45) is 16.8 Å². The Bertz CT molecular complexity index is 192. The van der Waals surface area contributed by atoms with Crippen LogP contribution in [0.3, 0.4) is 0 Å². The Morgan fingerprint density at radius 3 is 2.44 bits per heavy atom. The Kier molecular flexibility index (Phi) is 8.94. The maximum atomic E-state index is 5.44. The van der Waals surface area contributed by atoms with E-state index in [2.05, 4.69) is 29.6 Å². The third-order valence-electron chi connectivity index (χ3n) is 1.91. The quantitative estimate of drug-likeness (QED) is 0.199. The van der Waals surface area contributed by atoms with Gasteiger partial charge in [0.05, 0.1) is 13.2 Å². The van der Waals surface area contributed by atoms with E-state index in [0.717, 1.165) is 13.0 Å². The predicted octanol–water partition coefficient (Wildman–Crippen LogP) is 0.866. The fourth-order valence-electron chi connectivity index (χ4n) is 1.05. The highest BCUT2D eigenvalue weighted by Gasteiger charge is 1.98. The molecule has 0 aromatic carbocycles. The van der Waals surface area contributed by atoms with Crippen molar-refractivity contribution in [1.82, 2.24) is 10.7 Å². The minimum absolute atomic E-state index is 0.316. The van der Waals surface area contributed by atoms with Gasteiger partial charge in [0.2, 0.25) is 5.96 Å². The van der Waals surface area contributed by atoms with Crippen molar-refractivity contribution < 1.29 is 4.74 Å². The van der Waals surface area contributed by atoms with Gasteiger partial charge in [0.25, 0.3) is 0 Å². The molecule has 0 fully saturated rings. The van der Waals surface area contributed by atoms with Gasteiger partial charge in [-0.05, 0) is 26.2 Å². The monoisotopic (exact) mass is 230 g/mol. The first kappa shape index (κ1) is 15.2. The van der Waals surface area contributed by atoms with Crippen LogP contribution in [0.15, 0.2) is 4.99 Å². The van der Waals surface area contributed by atoms with Crippen molar-refractivity contribution >= 4 is 5.96 Å². The van der Waals surface area contributed by atoms with Gasteiger partial charge < -0.3 is 10.1 Å². The van der Waals surface area contributed by atoms with Crippen molar-refractivity contribution in [3.8, 4) is 0 Å². The molecule has 0 heterocycles. The van der Waals surface area contributed by atoms with Gasteiger partial charge in [-0.3, -0.25) is 5.43 Å². The average molecular weight is 230 g/mol. The summed E-state index contributed by atoms with van der Waals surface area (Å²) in [6, 6.07) is 0.316. The van der Waals surface area contributed by atoms with Crippen molar-refractivity contribution in [3.63, 3.8) is 0 Å². The topological polar surface area (TPSA) is 71.7 Å². The van der Waals surface area contributed by atoms with Crippen LogP contribution in [0.4, 0.5) is 0 Å². The molecular formula is C11H26N4O. The Balaban J connectivity index is 3.55. The summed E-state index contributed by atoms with van der Waals surface area (Å²) in [5, 5.41) is 3.10. The first-order valence-corrected chi connectivity index (χ1v) is 5.91. The van der Waals surface area contributed by atoms with Crippen molar-refractivity contribution in [2.45, 2.75) is 40.2 Å². The lowest BCUT2D eigenvalue weighted by Gasteiger charge is -2.12. The molecule has 5 heteroatoms. The molecule has 0 bridgehead atoms. The van der Waals surface area contributed by atoms with Gasteiger partial charge in [-0.2, -0.15) is 0 Å². The summed E-state index contributed by atoms with van der Waals surface area (Å²) in [5.74, 6) is 6.62. The third kappa shape index (κ3) is 9.73. The fourth-order valence-corrected chi connectivity index (χ4v) is 1.05. The summed E-state index contributed by atoms with van der Waals surface area (Å²) in [6.07, 6.45) is 1.09. The number of hydrazine groups is 1. The number of nitrogens with two attached hydrogens (primary N) is 1. The van der Waals surface area contributed by atoms with E-state index in [1.807, 2.05) is 13.8 Å². The molecular weight excluding hydrogens is 204 g/mol. The molecule has 0 aliphatic heterocycles. The number of aliphatic imine (C=N–C) groups is 1. The lowest BCUT2D eigenvalue weighted by atomic mass is 10.1. The summed E-state index contributed by atoms with van der Waals surface area (Å²) in [4.78, 5) is 4.24. The minimum Gasteiger partial charge on any atom is -0.380 e. The zero-order valence-corrected chi connectivity index (χ0v) is 10.9. The van der Waals surface area contributed by atoms with Gasteiger partial charge in [0.15, 0.2) is 0 Å². The molecule has 96 valence electrons. The molecule has 0 atom stereocenters. The van der Waals surface area contributed by atoms with Crippen molar-refractivity contribution in [2.75, 3.05) is 19.8 Å². The molecule has 0 saturated carbocycles. The van der Waals surface area contributed by atoms with E-state index in [9.17, 15) is 0 Å². The Morgan fingerprint density at radius 2 is 1.94 bits per heavy atom. The summed E-state index contributed by atoms with van der Waals surface area (Å²) >= 11 is 0. The Morgan fingerprint density at radius 1 is 1.25 bits per heavy atom. The highest BCUT2D eigenvalue weighted by atomic mass is 16.5. The molecule has 0 spiro atoms. The van der Waals surface area contributed by atoms with Gasteiger partial charge >= 0.3 is 0 Å². The number of ether oxygens (including phenoxy) is 1. The Labute approximate surface area is 98.8 Å². The molecule has 4 N–H and O–H groups in total. The molecule has 0 aromatic heterocycles. The number of nitrogens with one attached hydrogen (secondary N) is 2.